The summed E-state index contributed by atoms with van der Waals surface area (Å²) >= 11 is 0. The first-order valence-electron chi connectivity index (χ1n) is 5.88. The predicted molar refractivity (Wildman–Crippen MR) is 58.0 cm³/mol. The monoisotopic (exact) mass is 381 g/mol. The maximum absolute atomic E-state index is 13.7. The molecule has 0 atom stereocenters. The topological polar surface area (TPSA) is 43.1 Å². The fourth-order valence-electron chi connectivity index (χ4n) is 1.63. The molecule has 0 unspecified atom stereocenters. The Morgan fingerprint density at radius 1 is 0.792 bits per heavy atom. The molecule has 0 aliphatic carbocycles. The van der Waals surface area contributed by atoms with Crippen LogP contribution in [-0.2, 0) is 4.79 Å². The van der Waals surface area contributed by atoms with Gasteiger partial charge in [-0.15, -0.1) is 0 Å². The molecule has 0 saturated heterocycles. The maximum Gasteiger partial charge on any atom is 0.460 e. The van der Waals surface area contributed by atoms with Crippen molar-refractivity contribution in [3.05, 3.63) is 11.1 Å². The molecule has 0 radical (unpaired) electrons. The standard InChI is InChI=1S/C11H10F11NO/c1-3-5(4(2)6(23)24)7(12,13)8(14,15)9(16,17)10(18,19)11(20,21)22/h3H2,1-2H3,(H2,23,24). The second-order valence-corrected chi connectivity index (χ2v) is 4.62. The van der Waals surface area contributed by atoms with Crippen LogP contribution in [0.1, 0.15) is 20.3 Å². The van der Waals surface area contributed by atoms with Gasteiger partial charge in [-0.2, -0.15) is 48.3 Å². The lowest BCUT2D eigenvalue weighted by atomic mass is 9.89. The van der Waals surface area contributed by atoms with Crippen LogP contribution < -0.4 is 5.73 Å². The lowest BCUT2D eigenvalue weighted by molar-refractivity contribution is -0.418. The molecule has 0 aromatic carbocycles. The zero-order chi connectivity index (χ0) is 19.9. The Morgan fingerprint density at radius 2 is 1.17 bits per heavy atom. The van der Waals surface area contributed by atoms with Crippen LogP contribution in [0.2, 0.25) is 0 Å². The third-order valence-corrected chi connectivity index (χ3v) is 3.09. The van der Waals surface area contributed by atoms with Crippen LogP contribution in [-0.4, -0.2) is 35.8 Å². The molecule has 1 amide bonds. The number of allylic oxidation sites excluding steroid dienone is 1. The summed E-state index contributed by atoms with van der Waals surface area (Å²) in [6.07, 6.45) is -8.48. The number of primary amides is 1. The number of alkyl halides is 11. The first-order valence-corrected chi connectivity index (χ1v) is 5.88. The van der Waals surface area contributed by atoms with E-state index in [0.717, 1.165) is 0 Å². The number of hydrogen-bond donors (Lipinski definition) is 1. The Kier molecular flexibility index (Phi) is 5.67. The molecule has 0 aliphatic rings. The lowest BCUT2D eigenvalue weighted by Gasteiger charge is -2.38. The third-order valence-electron chi connectivity index (χ3n) is 3.09. The van der Waals surface area contributed by atoms with Gasteiger partial charge in [0, 0.05) is 11.1 Å². The normalized spacial score (nSPS) is 16.0. The van der Waals surface area contributed by atoms with Gasteiger partial charge >= 0.3 is 29.9 Å². The van der Waals surface area contributed by atoms with Gasteiger partial charge in [-0.05, 0) is 13.3 Å². The van der Waals surface area contributed by atoms with Gasteiger partial charge in [0.2, 0.25) is 5.91 Å². The number of amides is 1. The molecule has 0 fully saturated rings. The van der Waals surface area contributed by atoms with Crippen LogP contribution in [0, 0.1) is 0 Å². The van der Waals surface area contributed by atoms with Crippen molar-refractivity contribution in [3.8, 4) is 0 Å². The second-order valence-electron chi connectivity index (χ2n) is 4.62. The molecule has 0 aromatic heterocycles. The Bertz CT molecular complexity index is 533. The highest BCUT2D eigenvalue weighted by Crippen LogP contribution is 2.59. The van der Waals surface area contributed by atoms with Crippen molar-refractivity contribution in [1.29, 1.82) is 0 Å². The van der Waals surface area contributed by atoms with Crippen molar-refractivity contribution in [3.63, 3.8) is 0 Å². The molecular formula is C11H10F11NO. The molecule has 0 aliphatic heterocycles. The van der Waals surface area contributed by atoms with E-state index in [1.54, 1.807) is 0 Å². The molecular weight excluding hydrogens is 371 g/mol. The van der Waals surface area contributed by atoms with Crippen molar-refractivity contribution in [2.45, 2.75) is 50.1 Å². The van der Waals surface area contributed by atoms with E-state index >= 15 is 0 Å². The molecule has 142 valence electrons. The van der Waals surface area contributed by atoms with Gasteiger partial charge in [-0.25, -0.2) is 0 Å². The van der Waals surface area contributed by atoms with E-state index in [2.05, 4.69) is 5.73 Å². The SMILES string of the molecule is CCC(=C(C)C(N)=O)C(F)(F)C(F)(F)C(F)(F)C(F)(F)C(F)(F)F. The van der Waals surface area contributed by atoms with Crippen LogP contribution in [0.3, 0.4) is 0 Å². The van der Waals surface area contributed by atoms with Gasteiger partial charge in [-0.1, -0.05) is 6.92 Å². The lowest BCUT2D eigenvalue weighted by Crippen LogP contribution is -2.66. The van der Waals surface area contributed by atoms with Crippen molar-refractivity contribution in [1.82, 2.24) is 0 Å². The molecule has 0 aromatic rings. The van der Waals surface area contributed by atoms with E-state index in [1.165, 1.54) is 0 Å². The fourth-order valence-corrected chi connectivity index (χ4v) is 1.63. The minimum absolute atomic E-state index is 0.408. The second kappa shape index (κ2) is 6.06. The number of halogens is 11. The summed E-state index contributed by atoms with van der Waals surface area (Å²) in [5, 5.41) is 0. The third kappa shape index (κ3) is 3.04. The number of carbonyl (C=O) groups is 1. The Labute approximate surface area is 127 Å². The maximum atomic E-state index is 13.7. The number of hydrogen-bond acceptors (Lipinski definition) is 1. The first-order chi connectivity index (χ1) is 10.3. The minimum atomic E-state index is -7.51. The zero-order valence-corrected chi connectivity index (χ0v) is 11.9. The van der Waals surface area contributed by atoms with Crippen molar-refractivity contribution in [2.75, 3.05) is 0 Å². The van der Waals surface area contributed by atoms with Crippen LogP contribution in [0.25, 0.3) is 0 Å². The summed E-state index contributed by atoms with van der Waals surface area (Å²) in [6, 6.07) is 0. The Balaban J connectivity index is 6.50. The van der Waals surface area contributed by atoms with Gasteiger partial charge in [0.05, 0.1) is 0 Å². The molecule has 0 bridgehead atoms. The van der Waals surface area contributed by atoms with Gasteiger partial charge < -0.3 is 5.73 Å². The largest absolute Gasteiger partial charge is 0.460 e. The summed E-state index contributed by atoms with van der Waals surface area (Å²) in [5.41, 5.74) is 1.07. The highest BCUT2D eigenvalue weighted by atomic mass is 19.4. The van der Waals surface area contributed by atoms with Gasteiger partial charge in [0.25, 0.3) is 0 Å². The highest BCUT2D eigenvalue weighted by Gasteiger charge is 2.87. The molecule has 24 heavy (non-hydrogen) atoms. The summed E-state index contributed by atoms with van der Waals surface area (Å²) in [6.45, 7) is 1.07. The number of carbonyl (C=O) groups excluding carboxylic acids is 1. The predicted octanol–water partition coefficient (Wildman–Crippen LogP) is 4.30. The quantitative estimate of drug-likeness (QED) is 0.541. The van der Waals surface area contributed by atoms with E-state index in [0.29, 0.717) is 13.8 Å². The summed E-state index contributed by atoms with van der Waals surface area (Å²) in [7, 11) is 0. The summed E-state index contributed by atoms with van der Waals surface area (Å²) in [4.78, 5) is 10.7. The molecule has 2 nitrogen and oxygen atoms in total. The van der Waals surface area contributed by atoms with Crippen molar-refractivity contribution < 1.29 is 53.1 Å². The Hall–Kier alpha value is -1.56. The van der Waals surface area contributed by atoms with Gasteiger partial charge in [0.1, 0.15) is 0 Å². The smallest absolute Gasteiger partial charge is 0.366 e. The van der Waals surface area contributed by atoms with Crippen LogP contribution >= 0.6 is 0 Å². The zero-order valence-electron chi connectivity index (χ0n) is 11.9. The number of rotatable bonds is 6. The van der Waals surface area contributed by atoms with Crippen LogP contribution in [0.4, 0.5) is 48.3 Å². The average molecular weight is 381 g/mol. The van der Waals surface area contributed by atoms with E-state index < -0.39 is 53.3 Å². The summed E-state index contributed by atoms with van der Waals surface area (Å²) in [5.74, 6) is -30.1. The van der Waals surface area contributed by atoms with Gasteiger partial charge in [-0.3, -0.25) is 4.79 Å². The molecule has 0 saturated carbocycles. The van der Waals surface area contributed by atoms with E-state index in [9.17, 15) is 53.1 Å². The van der Waals surface area contributed by atoms with E-state index in [1.807, 2.05) is 0 Å². The fraction of sp³-hybridized carbons (Fsp3) is 0.727. The number of nitrogens with two attached hydrogens (primary N) is 1. The summed E-state index contributed by atoms with van der Waals surface area (Å²) < 4.78 is 141. The molecule has 0 heterocycles. The van der Waals surface area contributed by atoms with Gasteiger partial charge in [0.15, 0.2) is 0 Å². The van der Waals surface area contributed by atoms with Crippen molar-refractivity contribution >= 4 is 5.91 Å². The van der Waals surface area contributed by atoms with Crippen molar-refractivity contribution in [2.24, 2.45) is 5.73 Å². The molecule has 2 N–H and O–H groups in total. The molecule has 0 spiro atoms. The average Bonchev–Trinajstić information content (AvgIpc) is 2.36. The molecule has 13 heteroatoms. The Morgan fingerprint density at radius 3 is 1.42 bits per heavy atom. The highest BCUT2D eigenvalue weighted by molar-refractivity contribution is 5.92. The van der Waals surface area contributed by atoms with E-state index in [4.69, 9.17) is 0 Å². The first kappa shape index (κ1) is 22.4. The van der Waals surface area contributed by atoms with Crippen LogP contribution in [0.15, 0.2) is 11.1 Å². The van der Waals surface area contributed by atoms with E-state index in [-0.39, 0.29) is 0 Å². The minimum Gasteiger partial charge on any atom is -0.366 e. The molecule has 0 rings (SSSR count). The van der Waals surface area contributed by atoms with Crippen LogP contribution in [0.5, 0.6) is 0 Å².